The van der Waals surface area contributed by atoms with Crippen molar-refractivity contribution in [2.24, 2.45) is 5.92 Å². The van der Waals surface area contributed by atoms with E-state index in [-0.39, 0.29) is 17.5 Å². The van der Waals surface area contributed by atoms with Crippen LogP contribution < -0.4 is 10.9 Å². The van der Waals surface area contributed by atoms with Crippen molar-refractivity contribution < 1.29 is 4.79 Å². The Bertz CT molecular complexity index is 1460. The van der Waals surface area contributed by atoms with Crippen LogP contribution in [0.5, 0.6) is 0 Å². The van der Waals surface area contributed by atoms with Gasteiger partial charge >= 0.3 is 0 Å². The molecule has 5 rings (SSSR count). The summed E-state index contributed by atoms with van der Waals surface area (Å²) < 4.78 is 6.20. The zero-order valence-electron chi connectivity index (χ0n) is 22.3. The van der Waals surface area contributed by atoms with E-state index in [2.05, 4.69) is 16.6 Å². The van der Waals surface area contributed by atoms with Crippen LogP contribution in [0.25, 0.3) is 10.2 Å². The summed E-state index contributed by atoms with van der Waals surface area (Å²) in [5, 5.41) is 4.05. The third-order valence-electron chi connectivity index (χ3n) is 7.45. The largest absolute Gasteiger partial charge is 0.328 e. The van der Waals surface area contributed by atoms with E-state index in [1.807, 2.05) is 73.3 Å². The molecular formula is C30H35N5O2S. The van der Waals surface area contributed by atoms with E-state index < -0.39 is 0 Å². The fourth-order valence-electron chi connectivity index (χ4n) is 5.37. The Morgan fingerprint density at radius 2 is 1.92 bits per heavy atom. The van der Waals surface area contributed by atoms with Crippen LogP contribution in [0, 0.1) is 19.8 Å². The molecule has 8 heteroatoms. The zero-order valence-corrected chi connectivity index (χ0v) is 23.1. The average Bonchev–Trinajstić information content (AvgIpc) is 3.32. The van der Waals surface area contributed by atoms with Crippen LogP contribution in [0.15, 0.2) is 59.4 Å². The summed E-state index contributed by atoms with van der Waals surface area (Å²) in [6.07, 6.45) is 2.80. The number of aromatic nitrogens is 3. The van der Waals surface area contributed by atoms with Crippen molar-refractivity contribution in [3.8, 4) is 0 Å². The fraction of sp³-hybridized carbons (Fsp3) is 0.400. The molecule has 0 aliphatic carbocycles. The number of fused-ring (bicyclic) bond motifs is 1. The minimum absolute atomic E-state index is 0.0245. The van der Waals surface area contributed by atoms with Gasteiger partial charge in [0.25, 0.3) is 11.5 Å². The van der Waals surface area contributed by atoms with Crippen molar-refractivity contribution in [1.82, 2.24) is 24.1 Å². The minimum Gasteiger partial charge on any atom is -0.328 e. The van der Waals surface area contributed by atoms with Crippen molar-refractivity contribution in [3.05, 3.63) is 93.2 Å². The van der Waals surface area contributed by atoms with Crippen LogP contribution >= 0.6 is 11.5 Å². The SMILES string of the molecule is CCC(c1nc2snc(C)c2c(=O)n1Cc1ccccc1)N(CC1CCCNC1)C(=O)c1ccc(C)cc1. The van der Waals surface area contributed by atoms with Gasteiger partial charge in [0, 0.05) is 12.1 Å². The number of aryl methyl sites for hydroxylation is 2. The maximum atomic E-state index is 14.1. The lowest BCUT2D eigenvalue weighted by molar-refractivity contribution is 0.0604. The highest BCUT2D eigenvalue weighted by atomic mass is 32.1. The zero-order chi connectivity index (χ0) is 26.6. The Hall–Kier alpha value is -3.36. The number of piperidine rings is 1. The van der Waals surface area contributed by atoms with E-state index in [0.717, 1.165) is 37.1 Å². The molecule has 1 fully saturated rings. The molecule has 0 spiro atoms. The molecule has 4 aromatic rings. The van der Waals surface area contributed by atoms with Gasteiger partial charge in [-0.1, -0.05) is 55.0 Å². The third kappa shape index (κ3) is 5.42. The number of carbonyl (C=O) groups is 1. The quantitative estimate of drug-likeness (QED) is 0.343. The van der Waals surface area contributed by atoms with Crippen LogP contribution in [0.4, 0.5) is 0 Å². The number of amides is 1. The van der Waals surface area contributed by atoms with E-state index in [0.29, 0.717) is 52.7 Å². The van der Waals surface area contributed by atoms with Gasteiger partial charge in [-0.25, -0.2) is 4.98 Å². The van der Waals surface area contributed by atoms with Gasteiger partial charge in [-0.05, 0) is 81.3 Å². The molecule has 0 radical (unpaired) electrons. The standard InChI is InChI=1S/C30H35N5O2S/c1-4-25(34(19-23-11-8-16-31-17-23)29(36)24-14-12-20(2)13-15-24)27-32-28-26(21(3)33-38-28)30(37)35(27)18-22-9-6-5-7-10-22/h5-7,9-10,12-15,23,25,31H,4,8,11,16-19H2,1-3H3. The lowest BCUT2D eigenvalue weighted by Gasteiger charge is -2.36. The van der Waals surface area contributed by atoms with Gasteiger partial charge in [0.05, 0.1) is 23.7 Å². The Morgan fingerprint density at radius 1 is 1.16 bits per heavy atom. The van der Waals surface area contributed by atoms with Gasteiger partial charge in [0.2, 0.25) is 0 Å². The summed E-state index contributed by atoms with van der Waals surface area (Å²) in [6, 6.07) is 17.4. The highest BCUT2D eigenvalue weighted by Crippen LogP contribution is 2.29. The predicted octanol–water partition coefficient (Wildman–Crippen LogP) is 5.11. The summed E-state index contributed by atoms with van der Waals surface area (Å²) >= 11 is 1.25. The van der Waals surface area contributed by atoms with Gasteiger partial charge in [0.15, 0.2) is 4.83 Å². The summed E-state index contributed by atoms with van der Waals surface area (Å²) in [6.45, 7) is 8.84. The van der Waals surface area contributed by atoms with Gasteiger partial charge in [-0.15, -0.1) is 0 Å². The first-order chi connectivity index (χ1) is 18.5. The molecule has 1 aliphatic heterocycles. The molecule has 1 N–H and O–H groups in total. The monoisotopic (exact) mass is 529 g/mol. The maximum Gasteiger partial charge on any atom is 0.264 e. The number of nitrogens with zero attached hydrogens (tertiary/aromatic N) is 4. The van der Waals surface area contributed by atoms with Crippen LogP contribution in [0.2, 0.25) is 0 Å². The third-order valence-corrected chi connectivity index (χ3v) is 8.29. The summed E-state index contributed by atoms with van der Waals surface area (Å²) in [4.78, 5) is 35.7. The van der Waals surface area contributed by atoms with Gasteiger partial charge < -0.3 is 10.2 Å². The first kappa shape index (κ1) is 26.3. The van der Waals surface area contributed by atoms with E-state index >= 15 is 0 Å². The molecular weight excluding hydrogens is 494 g/mol. The van der Waals surface area contributed by atoms with E-state index in [9.17, 15) is 9.59 Å². The van der Waals surface area contributed by atoms with E-state index in [1.165, 1.54) is 11.5 Å². The molecule has 198 valence electrons. The van der Waals surface area contributed by atoms with Crippen LogP contribution in [-0.2, 0) is 6.54 Å². The van der Waals surface area contributed by atoms with E-state index in [4.69, 9.17) is 4.98 Å². The number of rotatable bonds is 8. The molecule has 1 saturated heterocycles. The smallest absolute Gasteiger partial charge is 0.264 e. The predicted molar refractivity (Wildman–Crippen MR) is 153 cm³/mol. The normalized spacial score (nSPS) is 16.4. The molecule has 1 amide bonds. The minimum atomic E-state index is -0.353. The van der Waals surface area contributed by atoms with Gasteiger partial charge in [-0.3, -0.25) is 14.2 Å². The Morgan fingerprint density at radius 3 is 2.61 bits per heavy atom. The second kappa shape index (κ2) is 11.6. The van der Waals surface area contributed by atoms with Gasteiger partial charge in [-0.2, -0.15) is 4.37 Å². The molecule has 7 nitrogen and oxygen atoms in total. The lowest BCUT2D eigenvalue weighted by Crippen LogP contribution is -2.44. The fourth-order valence-corrected chi connectivity index (χ4v) is 6.15. The number of hydrogen-bond acceptors (Lipinski definition) is 6. The Labute approximate surface area is 227 Å². The number of benzene rings is 2. The molecule has 2 aromatic heterocycles. The summed E-state index contributed by atoms with van der Waals surface area (Å²) in [5.41, 5.74) is 3.39. The average molecular weight is 530 g/mol. The highest BCUT2D eigenvalue weighted by Gasteiger charge is 2.32. The summed E-state index contributed by atoms with van der Waals surface area (Å²) in [5.74, 6) is 0.945. The molecule has 0 saturated carbocycles. The molecule has 1 aliphatic rings. The number of hydrogen-bond donors (Lipinski definition) is 1. The molecule has 0 bridgehead atoms. The Kier molecular flexibility index (Phi) is 8.00. The van der Waals surface area contributed by atoms with Crippen LogP contribution in [0.3, 0.4) is 0 Å². The van der Waals surface area contributed by atoms with Crippen molar-refractivity contribution in [2.75, 3.05) is 19.6 Å². The van der Waals surface area contributed by atoms with Crippen molar-refractivity contribution in [3.63, 3.8) is 0 Å². The summed E-state index contributed by atoms with van der Waals surface area (Å²) in [7, 11) is 0. The van der Waals surface area contributed by atoms with Crippen molar-refractivity contribution in [1.29, 1.82) is 0 Å². The molecule has 3 heterocycles. The number of carbonyl (C=O) groups excluding carboxylic acids is 1. The first-order valence-electron chi connectivity index (χ1n) is 13.4. The number of nitrogens with one attached hydrogen (secondary N) is 1. The van der Waals surface area contributed by atoms with Gasteiger partial charge in [0.1, 0.15) is 5.82 Å². The second-order valence-electron chi connectivity index (χ2n) is 10.3. The molecule has 2 atom stereocenters. The molecule has 2 aromatic carbocycles. The van der Waals surface area contributed by atoms with Crippen LogP contribution in [-0.4, -0.2) is 44.4 Å². The topological polar surface area (TPSA) is 80.1 Å². The van der Waals surface area contributed by atoms with Crippen molar-refractivity contribution >= 4 is 27.7 Å². The second-order valence-corrected chi connectivity index (χ2v) is 11.0. The van der Waals surface area contributed by atoms with Crippen LogP contribution in [0.1, 0.15) is 65.2 Å². The first-order valence-corrected chi connectivity index (χ1v) is 14.2. The van der Waals surface area contributed by atoms with Crippen molar-refractivity contribution in [2.45, 2.75) is 52.6 Å². The maximum absolute atomic E-state index is 14.1. The highest BCUT2D eigenvalue weighted by molar-refractivity contribution is 7.12. The lowest BCUT2D eigenvalue weighted by atomic mass is 9.97. The molecule has 2 unspecified atom stereocenters. The molecule has 38 heavy (non-hydrogen) atoms. The Balaban J connectivity index is 1.64. The van der Waals surface area contributed by atoms with E-state index in [1.54, 1.807) is 4.57 Å².